The molecule has 9 atom stereocenters. The Labute approximate surface area is 204 Å². The number of hydrogen-bond donors (Lipinski definition) is 1. The number of rotatable bonds is 5. The first-order valence-corrected chi connectivity index (χ1v) is 15.1. The Morgan fingerprint density at radius 1 is 0.879 bits per heavy atom. The Morgan fingerprint density at radius 2 is 1.61 bits per heavy atom. The highest BCUT2D eigenvalue weighted by molar-refractivity contribution is 5.29. The molecule has 0 heterocycles. The summed E-state index contributed by atoms with van der Waals surface area (Å²) in [4.78, 5) is 0. The van der Waals surface area contributed by atoms with Crippen molar-refractivity contribution in [1.82, 2.24) is 0 Å². The van der Waals surface area contributed by atoms with Crippen molar-refractivity contribution in [3.05, 3.63) is 12.2 Å². The fraction of sp³-hybridized carbons (Fsp3) is 0.938. The molecule has 6 fully saturated rings. The van der Waals surface area contributed by atoms with E-state index in [2.05, 4.69) is 34.3 Å². The summed E-state index contributed by atoms with van der Waals surface area (Å²) in [6.45, 7) is 14.3. The molecule has 1 heteroatoms. The molecule has 6 aliphatic carbocycles. The van der Waals surface area contributed by atoms with Crippen LogP contribution in [0, 0.1) is 57.2 Å². The van der Waals surface area contributed by atoms with E-state index >= 15 is 0 Å². The zero-order valence-electron chi connectivity index (χ0n) is 22.3. The first kappa shape index (κ1) is 23.1. The lowest BCUT2D eigenvalue weighted by atomic mass is 9.45. The lowest BCUT2D eigenvalue weighted by Gasteiger charge is -2.60. The number of fused-ring (bicyclic) bond motifs is 3. The van der Waals surface area contributed by atoms with Crippen LogP contribution in [0.1, 0.15) is 124 Å². The smallest absolute Gasteiger partial charge is 0.0599 e. The van der Waals surface area contributed by atoms with E-state index in [0.29, 0.717) is 27.6 Å². The second-order valence-electron chi connectivity index (χ2n) is 14.8. The molecule has 1 N–H and O–H groups in total. The van der Waals surface area contributed by atoms with Gasteiger partial charge < -0.3 is 5.11 Å². The molecule has 6 aliphatic rings. The number of aliphatic hydroxyl groups excluding tert-OH is 1. The predicted octanol–water partition coefficient (Wildman–Crippen LogP) is 8.56. The lowest BCUT2D eigenvalue weighted by Crippen LogP contribution is -2.55. The van der Waals surface area contributed by atoms with E-state index in [1.54, 1.807) is 6.42 Å². The van der Waals surface area contributed by atoms with Gasteiger partial charge in [0.25, 0.3) is 0 Å². The first-order valence-electron chi connectivity index (χ1n) is 15.1. The maximum Gasteiger partial charge on any atom is 0.0599 e. The summed E-state index contributed by atoms with van der Waals surface area (Å²) in [6.07, 6.45) is 21.0. The van der Waals surface area contributed by atoms with Crippen LogP contribution in [-0.2, 0) is 0 Å². The van der Waals surface area contributed by atoms with Crippen molar-refractivity contribution in [2.45, 2.75) is 130 Å². The van der Waals surface area contributed by atoms with E-state index in [1.807, 2.05) is 0 Å². The monoisotopic (exact) mass is 452 g/mol. The number of aliphatic hydroxyl groups is 1. The molecule has 0 aliphatic heterocycles. The van der Waals surface area contributed by atoms with Crippen molar-refractivity contribution < 1.29 is 5.11 Å². The van der Waals surface area contributed by atoms with E-state index in [9.17, 15) is 5.11 Å². The Morgan fingerprint density at radius 3 is 2.33 bits per heavy atom. The van der Waals surface area contributed by atoms with E-state index in [0.717, 1.165) is 36.0 Å². The molecule has 3 spiro atoms. The largest absolute Gasteiger partial charge is 0.393 e. The molecular weight excluding hydrogens is 400 g/mol. The van der Waals surface area contributed by atoms with Crippen molar-refractivity contribution in [1.29, 1.82) is 0 Å². The predicted molar refractivity (Wildman–Crippen MR) is 138 cm³/mol. The van der Waals surface area contributed by atoms with Gasteiger partial charge in [-0.2, -0.15) is 0 Å². The highest BCUT2D eigenvalue weighted by atomic mass is 16.3. The van der Waals surface area contributed by atoms with E-state index < -0.39 is 0 Å². The average Bonchev–Trinajstić information content (AvgIpc) is 3.06. The van der Waals surface area contributed by atoms with Crippen LogP contribution in [0.15, 0.2) is 12.2 Å². The summed E-state index contributed by atoms with van der Waals surface area (Å²) >= 11 is 0. The third-order valence-corrected chi connectivity index (χ3v) is 13.9. The normalized spacial score (nSPS) is 50.4. The summed E-state index contributed by atoms with van der Waals surface area (Å²) in [6, 6.07) is 0. The SMILES string of the molecule is C=C(CCC(C)C1CCC2C3CCC4C5(CCCC5)C(O)CCC45CC35CCC12C)C(C)C. The molecular formula is C32H52O. The Kier molecular flexibility index (Phi) is 5.32. The second kappa shape index (κ2) is 7.60. The minimum Gasteiger partial charge on any atom is -0.393 e. The van der Waals surface area contributed by atoms with Crippen LogP contribution in [-0.4, -0.2) is 11.2 Å². The topological polar surface area (TPSA) is 20.2 Å². The van der Waals surface area contributed by atoms with E-state index in [1.165, 1.54) is 89.0 Å². The molecule has 1 nitrogen and oxygen atoms in total. The maximum atomic E-state index is 11.2. The molecule has 0 radical (unpaired) electrons. The minimum atomic E-state index is 0.0102. The van der Waals surface area contributed by atoms with Crippen LogP contribution in [0.2, 0.25) is 0 Å². The van der Waals surface area contributed by atoms with Crippen LogP contribution in [0.5, 0.6) is 0 Å². The van der Waals surface area contributed by atoms with Gasteiger partial charge in [0.1, 0.15) is 0 Å². The molecule has 33 heavy (non-hydrogen) atoms. The molecule has 6 rings (SSSR count). The van der Waals surface area contributed by atoms with Gasteiger partial charge in [-0.1, -0.05) is 52.7 Å². The Hall–Kier alpha value is -0.300. The van der Waals surface area contributed by atoms with E-state index in [4.69, 9.17) is 0 Å². The fourth-order valence-corrected chi connectivity index (χ4v) is 12.1. The molecule has 0 bridgehead atoms. The maximum absolute atomic E-state index is 11.2. The molecule has 186 valence electrons. The van der Waals surface area contributed by atoms with Crippen molar-refractivity contribution >= 4 is 0 Å². The van der Waals surface area contributed by atoms with Crippen LogP contribution < -0.4 is 0 Å². The first-order chi connectivity index (χ1) is 15.7. The second-order valence-corrected chi connectivity index (χ2v) is 14.8. The summed E-state index contributed by atoms with van der Waals surface area (Å²) in [5.74, 6) is 5.26. The van der Waals surface area contributed by atoms with Crippen molar-refractivity contribution in [3.63, 3.8) is 0 Å². The van der Waals surface area contributed by atoms with Gasteiger partial charge in [-0.25, -0.2) is 0 Å². The third kappa shape index (κ3) is 2.93. The minimum absolute atomic E-state index is 0.0102. The fourth-order valence-electron chi connectivity index (χ4n) is 12.1. The van der Waals surface area contributed by atoms with Crippen molar-refractivity contribution in [2.24, 2.45) is 57.2 Å². The summed E-state index contributed by atoms with van der Waals surface area (Å²) < 4.78 is 0. The molecule has 0 saturated heterocycles. The molecule has 6 saturated carbocycles. The third-order valence-electron chi connectivity index (χ3n) is 13.9. The summed E-state index contributed by atoms with van der Waals surface area (Å²) in [5.41, 5.74) is 3.69. The van der Waals surface area contributed by atoms with Gasteiger partial charge in [0.15, 0.2) is 0 Å². The molecule has 0 amide bonds. The lowest BCUT2D eigenvalue weighted by molar-refractivity contribution is -0.144. The van der Waals surface area contributed by atoms with Crippen LogP contribution in [0.25, 0.3) is 0 Å². The quantitative estimate of drug-likeness (QED) is 0.414. The molecule has 9 unspecified atom stereocenters. The Bertz CT molecular complexity index is 790. The van der Waals surface area contributed by atoms with Gasteiger partial charge in [0.05, 0.1) is 6.10 Å². The van der Waals surface area contributed by atoms with Gasteiger partial charge >= 0.3 is 0 Å². The van der Waals surface area contributed by atoms with Crippen LogP contribution in [0.3, 0.4) is 0 Å². The van der Waals surface area contributed by atoms with Crippen LogP contribution >= 0.6 is 0 Å². The average molecular weight is 453 g/mol. The van der Waals surface area contributed by atoms with Crippen molar-refractivity contribution in [2.75, 3.05) is 0 Å². The van der Waals surface area contributed by atoms with Crippen molar-refractivity contribution in [3.8, 4) is 0 Å². The zero-order valence-corrected chi connectivity index (χ0v) is 22.3. The summed E-state index contributed by atoms with van der Waals surface area (Å²) in [7, 11) is 0. The van der Waals surface area contributed by atoms with Gasteiger partial charge in [0, 0.05) is 0 Å². The summed E-state index contributed by atoms with van der Waals surface area (Å²) in [5, 5.41) is 11.2. The highest BCUT2D eigenvalue weighted by Crippen LogP contribution is 2.87. The molecule has 0 aromatic heterocycles. The number of hydrogen-bond acceptors (Lipinski definition) is 1. The standard InChI is InChI=1S/C32H52O/c1-21(2)22(3)8-9-23(4)24-10-11-25-26-12-13-27-30(15-6-7-16-30)28(33)14-17-32(27)20-31(26,32)19-18-29(24,25)5/h21,23-28,33H,3,6-20H2,1-2,4-5H3. The highest BCUT2D eigenvalue weighted by Gasteiger charge is 2.81. The number of allylic oxidation sites excluding steroid dienone is 1. The zero-order chi connectivity index (χ0) is 23.2. The van der Waals surface area contributed by atoms with Gasteiger partial charge in [-0.05, 0) is 141 Å². The Balaban J connectivity index is 1.22. The van der Waals surface area contributed by atoms with Gasteiger partial charge in [-0.3, -0.25) is 0 Å². The van der Waals surface area contributed by atoms with Gasteiger partial charge in [0.2, 0.25) is 0 Å². The van der Waals surface area contributed by atoms with Crippen LogP contribution in [0.4, 0.5) is 0 Å². The van der Waals surface area contributed by atoms with E-state index in [-0.39, 0.29) is 6.10 Å². The van der Waals surface area contributed by atoms with Gasteiger partial charge in [-0.15, -0.1) is 0 Å². The molecule has 0 aromatic carbocycles. The molecule has 0 aromatic rings.